The summed E-state index contributed by atoms with van der Waals surface area (Å²) < 4.78 is 0. The minimum absolute atomic E-state index is 0.441. The fourth-order valence-electron chi connectivity index (χ4n) is 2.59. The first-order valence-electron chi connectivity index (χ1n) is 6.07. The molecule has 2 unspecified atom stereocenters. The zero-order valence-corrected chi connectivity index (χ0v) is 9.97. The maximum absolute atomic E-state index is 5.92. The molecule has 2 N–H and O–H groups in total. The SMILES string of the molecule is CN(Cc1cccnc1)CC1CCC(N)C1. The average Bonchev–Trinajstić information content (AvgIpc) is 2.65. The Labute approximate surface area is 97.7 Å². The van der Waals surface area contributed by atoms with E-state index in [0.717, 1.165) is 19.0 Å². The van der Waals surface area contributed by atoms with Crippen molar-refractivity contribution in [2.75, 3.05) is 13.6 Å². The van der Waals surface area contributed by atoms with E-state index in [4.69, 9.17) is 5.73 Å². The highest BCUT2D eigenvalue weighted by atomic mass is 15.1. The fraction of sp³-hybridized carbons (Fsp3) is 0.615. The molecule has 0 radical (unpaired) electrons. The van der Waals surface area contributed by atoms with Gasteiger partial charge in [-0.05, 0) is 43.9 Å². The van der Waals surface area contributed by atoms with E-state index in [1.165, 1.54) is 24.8 Å². The molecule has 0 aliphatic heterocycles. The number of pyridine rings is 1. The van der Waals surface area contributed by atoms with Crippen LogP contribution in [0.25, 0.3) is 0 Å². The molecule has 3 nitrogen and oxygen atoms in total. The Kier molecular flexibility index (Phi) is 3.91. The summed E-state index contributed by atoms with van der Waals surface area (Å²) in [5, 5.41) is 0. The zero-order chi connectivity index (χ0) is 11.4. The van der Waals surface area contributed by atoms with Crippen LogP contribution in [-0.2, 0) is 6.54 Å². The van der Waals surface area contributed by atoms with Crippen molar-refractivity contribution in [1.82, 2.24) is 9.88 Å². The van der Waals surface area contributed by atoms with Crippen molar-refractivity contribution in [1.29, 1.82) is 0 Å². The van der Waals surface area contributed by atoms with Crippen molar-refractivity contribution in [3.63, 3.8) is 0 Å². The van der Waals surface area contributed by atoms with Gasteiger partial charge in [-0.15, -0.1) is 0 Å². The average molecular weight is 219 g/mol. The van der Waals surface area contributed by atoms with Crippen molar-refractivity contribution >= 4 is 0 Å². The minimum Gasteiger partial charge on any atom is -0.328 e. The normalized spacial score (nSPS) is 25.2. The van der Waals surface area contributed by atoms with Gasteiger partial charge in [-0.2, -0.15) is 0 Å². The Hall–Kier alpha value is -0.930. The smallest absolute Gasteiger partial charge is 0.0312 e. The zero-order valence-electron chi connectivity index (χ0n) is 9.97. The molecule has 2 rings (SSSR count). The molecule has 1 aromatic rings. The Balaban J connectivity index is 1.78. The van der Waals surface area contributed by atoms with E-state index in [9.17, 15) is 0 Å². The lowest BCUT2D eigenvalue weighted by molar-refractivity contribution is 0.270. The van der Waals surface area contributed by atoms with Crippen LogP contribution < -0.4 is 5.73 Å². The van der Waals surface area contributed by atoms with Gasteiger partial charge >= 0.3 is 0 Å². The quantitative estimate of drug-likeness (QED) is 0.837. The van der Waals surface area contributed by atoms with E-state index in [2.05, 4.69) is 23.0 Å². The summed E-state index contributed by atoms with van der Waals surface area (Å²) in [4.78, 5) is 6.51. The molecule has 0 amide bonds. The lowest BCUT2D eigenvalue weighted by Crippen LogP contribution is -2.25. The highest BCUT2D eigenvalue weighted by molar-refractivity contribution is 5.07. The Morgan fingerprint density at radius 2 is 2.38 bits per heavy atom. The summed E-state index contributed by atoms with van der Waals surface area (Å²) in [6.45, 7) is 2.14. The van der Waals surface area contributed by atoms with Crippen molar-refractivity contribution in [2.24, 2.45) is 11.7 Å². The summed E-state index contributed by atoms with van der Waals surface area (Å²) in [5.41, 5.74) is 7.21. The maximum atomic E-state index is 5.92. The summed E-state index contributed by atoms with van der Waals surface area (Å²) in [5.74, 6) is 0.789. The molecule has 0 saturated heterocycles. The van der Waals surface area contributed by atoms with Gasteiger partial charge in [-0.3, -0.25) is 4.98 Å². The van der Waals surface area contributed by atoms with Gasteiger partial charge in [-0.1, -0.05) is 6.07 Å². The van der Waals surface area contributed by atoms with Gasteiger partial charge in [0.2, 0.25) is 0 Å². The molecule has 1 aliphatic rings. The summed E-state index contributed by atoms with van der Waals surface area (Å²) >= 11 is 0. The molecule has 16 heavy (non-hydrogen) atoms. The molecular weight excluding hydrogens is 198 g/mol. The highest BCUT2D eigenvalue weighted by Crippen LogP contribution is 2.24. The van der Waals surface area contributed by atoms with Gasteiger partial charge in [0.15, 0.2) is 0 Å². The van der Waals surface area contributed by atoms with Crippen LogP contribution in [-0.4, -0.2) is 29.5 Å². The van der Waals surface area contributed by atoms with Crippen LogP contribution in [0.2, 0.25) is 0 Å². The third kappa shape index (κ3) is 3.29. The first-order valence-corrected chi connectivity index (χ1v) is 6.07. The Bertz CT molecular complexity index is 312. The van der Waals surface area contributed by atoms with E-state index < -0.39 is 0 Å². The summed E-state index contributed by atoms with van der Waals surface area (Å²) in [6, 6.07) is 4.57. The molecule has 3 heteroatoms. The van der Waals surface area contributed by atoms with Gasteiger partial charge in [0.1, 0.15) is 0 Å². The Morgan fingerprint density at radius 3 is 3.00 bits per heavy atom. The van der Waals surface area contributed by atoms with Crippen molar-refractivity contribution in [3.8, 4) is 0 Å². The van der Waals surface area contributed by atoms with Gasteiger partial charge in [-0.25, -0.2) is 0 Å². The van der Waals surface area contributed by atoms with Crippen molar-refractivity contribution in [3.05, 3.63) is 30.1 Å². The number of nitrogens with two attached hydrogens (primary N) is 1. The first kappa shape index (κ1) is 11.6. The number of aromatic nitrogens is 1. The molecule has 1 aromatic heterocycles. The standard InChI is InChI=1S/C13H21N3/c1-16(9-11-4-5-13(14)7-11)10-12-3-2-6-15-8-12/h2-3,6,8,11,13H,4-5,7,9-10,14H2,1H3. The topological polar surface area (TPSA) is 42.2 Å². The van der Waals surface area contributed by atoms with Crippen LogP contribution in [0.4, 0.5) is 0 Å². The minimum atomic E-state index is 0.441. The van der Waals surface area contributed by atoms with E-state index in [1.54, 1.807) is 0 Å². The molecule has 1 saturated carbocycles. The monoisotopic (exact) mass is 219 g/mol. The lowest BCUT2D eigenvalue weighted by atomic mass is 10.1. The maximum Gasteiger partial charge on any atom is 0.0312 e. The van der Waals surface area contributed by atoms with Crippen LogP contribution in [0.15, 0.2) is 24.5 Å². The van der Waals surface area contributed by atoms with Gasteiger partial charge in [0.25, 0.3) is 0 Å². The summed E-state index contributed by atoms with van der Waals surface area (Å²) in [6.07, 6.45) is 7.44. The molecule has 2 atom stereocenters. The molecular formula is C13H21N3. The van der Waals surface area contributed by atoms with E-state index in [1.807, 2.05) is 18.5 Å². The second kappa shape index (κ2) is 5.41. The van der Waals surface area contributed by atoms with Gasteiger partial charge in [0.05, 0.1) is 0 Å². The molecule has 1 heterocycles. The molecule has 88 valence electrons. The summed E-state index contributed by atoms with van der Waals surface area (Å²) in [7, 11) is 2.18. The first-order chi connectivity index (χ1) is 7.74. The molecule has 0 bridgehead atoms. The van der Waals surface area contributed by atoms with Crippen LogP contribution in [0.5, 0.6) is 0 Å². The molecule has 1 aliphatic carbocycles. The second-order valence-electron chi connectivity index (χ2n) is 5.00. The predicted octanol–water partition coefficient (Wildman–Crippen LogP) is 1.64. The molecule has 0 aromatic carbocycles. The highest BCUT2D eigenvalue weighted by Gasteiger charge is 2.22. The van der Waals surface area contributed by atoms with Crippen LogP contribution in [0.3, 0.4) is 0 Å². The van der Waals surface area contributed by atoms with Crippen LogP contribution in [0, 0.1) is 5.92 Å². The van der Waals surface area contributed by atoms with E-state index in [0.29, 0.717) is 6.04 Å². The number of hydrogen-bond donors (Lipinski definition) is 1. The number of rotatable bonds is 4. The third-order valence-corrected chi connectivity index (χ3v) is 3.33. The van der Waals surface area contributed by atoms with E-state index in [-0.39, 0.29) is 0 Å². The number of nitrogens with zero attached hydrogens (tertiary/aromatic N) is 2. The lowest BCUT2D eigenvalue weighted by Gasteiger charge is -2.20. The third-order valence-electron chi connectivity index (χ3n) is 3.33. The van der Waals surface area contributed by atoms with Crippen LogP contribution in [0.1, 0.15) is 24.8 Å². The molecule has 0 spiro atoms. The van der Waals surface area contributed by atoms with Crippen molar-refractivity contribution < 1.29 is 0 Å². The second-order valence-corrected chi connectivity index (χ2v) is 5.00. The van der Waals surface area contributed by atoms with E-state index >= 15 is 0 Å². The van der Waals surface area contributed by atoms with Gasteiger partial charge < -0.3 is 10.6 Å². The fourth-order valence-corrected chi connectivity index (χ4v) is 2.59. The number of hydrogen-bond acceptors (Lipinski definition) is 3. The Morgan fingerprint density at radius 1 is 1.50 bits per heavy atom. The van der Waals surface area contributed by atoms with Gasteiger partial charge in [0, 0.05) is 31.5 Å². The van der Waals surface area contributed by atoms with Crippen molar-refractivity contribution in [2.45, 2.75) is 31.8 Å². The predicted molar refractivity (Wildman–Crippen MR) is 65.9 cm³/mol. The van der Waals surface area contributed by atoms with Crippen LogP contribution >= 0.6 is 0 Å². The molecule has 1 fully saturated rings. The largest absolute Gasteiger partial charge is 0.328 e.